The second kappa shape index (κ2) is 8.11. The van der Waals surface area contributed by atoms with E-state index in [1.54, 1.807) is 9.80 Å². The molecule has 5 fully saturated rings. The van der Waals surface area contributed by atoms with E-state index in [0.29, 0.717) is 45.2 Å². The van der Waals surface area contributed by atoms with Crippen LogP contribution in [0.5, 0.6) is 0 Å². The first-order valence-corrected chi connectivity index (χ1v) is 11.6. The quantitative estimate of drug-likeness (QED) is 0.692. The van der Waals surface area contributed by atoms with E-state index in [9.17, 15) is 14.4 Å². The van der Waals surface area contributed by atoms with Gasteiger partial charge in [-0.2, -0.15) is 0 Å². The lowest BCUT2D eigenvalue weighted by Crippen LogP contribution is -2.57. The Kier molecular flexibility index (Phi) is 5.47. The van der Waals surface area contributed by atoms with Crippen LogP contribution in [0.15, 0.2) is 0 Å². The van der Waals surface area contributed by atoms with Crippen LogP contribution in [0.25, 0.3) is 0 Å². The Labute approximate surface area is 177 Å². The number of carbonyl (C=O) groups is 3. The number of likely N-dealkylation sites (tertiary alicyclic amines) is 1. The highest BCUT2D eigenvalue weighted by molar-refractivity contribution is 5.97. The molecule has 2 aliphatic carbocycles. The molecule has 0 bridgehead atoms. The molecule has 0 N–H and O–H groups in total. The summed E-state index contributed by atoms with van der Waals surface area (Å²) in [5.74, 6) is 0.273. The van der Waals surface area contributed by atoms with Crippen LogP contribution in [0.4, 0.5) is 4.79 Å². The molecular formula is C22H32N2O6. The van der Waals surface area contributed by atoms with Crippen LogP contribution < -0.4 is 0 Å². The number of piperidine rings is 1. The van der Waals surface area contributed by atoms with Gasteiger partial charge in [-0.25, -0.2) is 4.79 Å². The summed E-state index contributed by atoms with van der Waals surface area (Å²) in [4.78, 5) is 42.6. The highest BCUT2D eigenvalue weighted by atomic mass is 16.6. The predicted molar refractivity (Wildman–Crippen MR) is 106 cm³/mol. The topological polar surface area (TPSA) is 85.4 Å². The number of fused-ring (bicyclic) bond motifs is 1. The van der Waals surface area contributed by atoms with E-state index in [2.05, 4.69) is 0 Å². The molecule has 5 aliphatic rings. The minimum Gasteiger partial charge on any atom is -0.432 e. The summed E-state index contributed by atoms with van der Waals surface area (Å²) < 4.78 is 17.0. The number of carbonyl (C=O) groups excluding carboxylic acids is 3. The summed E-state index contributed by atoms with van der Waals surface area (Å²) in [6.45, 7) is 2.55. The predicted octanol–water partition coefficient (Wildman–Crippen LogP) is 1.75. The lowest BCUT2D eigenvalue weighted by Gasteiger charge is -2.38. The molecule has 0 radical (unpaired) electrons. The Morgan fingerprint density at radius 2 is 1.77 bits per heavy atom. The fraction of sp³-hybridized carbons (Fsp3) is 0.864. The number of rotatable bonds is 3. The fourth-order valence-electron chi connectivity index (χ4n) is 5.99. The molecule has 0 spiro atoms. The molecule has 3 saturated heterocycles. The summed E-state index contributed by atoms with van der Waals surface area (Å²) in [6, 6.07) is -0.516. The summed E-state index contributed by atoms with van der Waals surface area (Å²) in [5.41, 5.74) is -1.11. The Bertz CT molecular complexity index is 702. The normalized spacial score (nSPS) is 37.1. The zero-order valence-electron chi connectivity index (χ0n) is 17.6. The zero-order valence-corrected chi connectivity index (χ0v) is 17.6. The van der Waals surface area contributed by atoms with E-state index in [1.165, 1.54) is 19.3 Å². The third-order valence-electron chi connectivity index (χ3n) is 7.69. The maximum Gasteiger partial charge on any atom is 0.411 e. The number of Topliss-reactive ketones (excluding diaryl/α,β-unsaturated/α-hetero) is 1. The number of ether oxygens (including phenoxy) is 3. The van der Waals surface area contributed by atoms with Gasteiger partial charge in [-0.15, -0.1) is 0 Å². The van der Waals surface area contributed by atoms with Gasteiger partial charge >= 0.3 is 6.09 Å². The SMILES string of the molecule is O=C1CO[C@H]2CCCN(C(=O)C3(OC(=O)N4CCOCC4)CC3C3CCCCC3)[C@@H]12. The third-order valence-corrected chi connectivity index (χ3v) is 7.69. The molecule has 30 heavy (non-hydrogen) atoms. The molecule has 2 unspecified atom stereocenters. The molecule has 2 amide bonds. The Balaban J connectivity index is 1.37. The molecule has 8 nitrogen and oxygen atoms in total. The van der Waals surface area contributed by atoms with E-state index < -0.39 is 17.7 Å². The van der Waals surface area contributed by atoms with Crippen molar-refractivity contribution in [1.82, 2.24) is 9.80 Å². The van der Waals surface area contributed by atoms with Gasteiger partial charge in [0.05, 0.1) is 19.3 Å². The van der Waals surface area contributed by atoms with E-state index in [4.69, 9.17) is 14.2 Å². The van der Waals surface area contributed by atoms with Gasteiger partial charge in [-0.05, 0) is 18.8 Å². The molecular weight excluding hydrogens is 388 g/mol. The van der Waals surface area contributed by atoms with Crippen LogP contribution in [0.1, 0.15) is 51.4 Å². The fourth-order valence-corrected chi connectivity index (χ4v) is 5.99. The number of hydrogen-bond acceptors (Lipinski definition) is 6. The van der Waals surface area contributed by atoms with Gasteiger partial charge in [0.25, 0.3) is 5.91 Å². The van der Waals surface area contributed by atoms with Gasteiger partial charge in [0.2, 0.25) is 0 Å². The van der Waals surface area contributed by atoms with Crippen molar-refractivity contribution in [1.29, 1.82) is 0 Å². The lowest BCUT2D eigenvalue weighted by atomic mass is 9.84. The van der Waals surface area contributed by atoms with E-state index in [1.807, 2.05) is 0 Å². The number of nitrogens with zero attached hydrogens (tertiary/aromatic N) is 2. The number of morpholine rings is 1. The molecule has 0 aromatic rings. The van der Waals surface area contributed by atoms with Crippen LogP contribution in [-0.4, -0.2) is 84.8 Å². The minimum absolute atomic E-state index is 0.0300. The Morgan fingerprint density at radius 3 is 2.53 bits per heavy atom. The number of ketones is 1. The van der Waals surface area contributed by atoms with Crippen LogP contribution in [0.3, 0.4) is 0 Å². The third kappa shape index (κ3) is 3.51. The van der Waals surface area contributed by atoms with Crippen molar-refractivity contribution in [2.45, 2.75) is 69.1 Å². The summed E-state index contributed by atoms with van der Waals surface area (Å²) in [7, 11) is 0. The van der Waals surface area contributed by atoms with E-state index in [0.717, 1.165) is 25.7 Å². The molecule has 2 saturated carbocycles. The highest BCUT2D eigenvalue weighted by Gasteiger charge is 2.68. The van der Waals surface area contributed by atoms with Gasteiger partial charge < -0.3 is 24.0 Å². The smallest absolute Gasteiger partial charge is 0.411 e. The van der Waals surface area contributed by atoms with Gasteiger partial charge in [0.15, 0.2) is 11.4 Å². The van der Waals surface area contributed by atoms with E-state index in [-0.39, 0.29) is 30.3 Å². The number of hydrogen-bond donors (Lipinski definition) is 0. The van der Waals surface area contributed by atoms with Gasteiger partial charge in [0, 0.05) is 32.0 Å². The van der Waals surface area contributed by atoms with Crippen molar-refractivity contribution in [2.75, 3.05) is 39.5 Å². The average Bonchev–Trinajstić information content (AvgIpc) is 3.40. The van der Waals surface area contributed by atoms with Gasteiger partial charge in [0.1, 0.15) is 12.6 Å². The van der Waals surface area contributed by atoms with Crippen molar-refractivity contribution in [2.24, 2.45) is 11.8 Å². The van der Waals surface area contributed by atoms with Crippen molar-refractivity contribution in [3.8, 4) is 0 Å². The molecule has 0 aromatic carbocycles. The molecule has 5 rings (SSSR count). The van der Waals surface area contributed by atoms with Gasteiger partial charge in [-0.3, -0.25) is 9.59 Å². The monoisotopic (exact) mass is 420 g/mol. The first-order chi connectivity index (χ1) is 14.6. The molecule has 4 atom stereocenters. The summed E-state index contributed by atoms with van der Waals surface area (Å²) in [6.07, 6.45) is 7.30. The average molecular weight is 421 g/mol. The molecule has 3 heterocycles. The summed E-state index contributed by atoms with van der Waals surface area (Å²) in [5, 5.41) is 0. The van der Waals surface area contributed by atoms with Crippen LogP contribution in [0.2, 0.25) is 0 Å². The van der Waals surface area contributed by atoms with Crippen molar-refractivity contribution < 1.29 is 28.6 Å². The van der Waals surface area contributed by atoms with Gasteiger partial charge in [-0.1, -0.05) is 32.1 Å². The standard InChI is InChI=1S/C22H32N2O6/c25-17-14-29-18-7-4-8-24(19(17)18)20(26)22(13-16(22)15-5-2-1-3-6-15)30-21(27)23-9-11-28-12-10-23/h15-16,18-19H,1-14H2/t16?,18-,19-,22?/m0/s1. The van der Waals surface area contributed by atoms with Crippen LogP contribution >= 0.6 is 0 Å². The largest absolute Gasteiger partial charge is 0.432 e. The molecule has 3 aliphatic heterocycles. The van der Waals surface area contributed by atoms with E-state index >= 15 is 0 Å². The zero-order chi connectivity index (χ0) is 20.7. The van der Waals surface area contributed by atoms with Crippen molar-refractivity contribution in [3.63, 3.8) is 0 Å². The highest BCUT2D eigenvalue weighted by Crippen LogP contribution is 2.56. The lowest BCUT2D eigenvalue weighted by molar-refractivity contribution is -0.153. The molecule has 8 heteroatoms. The first-order valence-electron chi connectivity index (χ1n) is 11.6. The van der Waals surface area contributed by atoms with Crippen molar-refractivity contribution in [3.05, 3.63) is 0 Å². The first kappa shape index (κ1) is 20.2. The molecule has 166 valence electrons. The molecule has 0 aromatic heterocycles. The van der Waals surface area contributed by atoms with Crippen LogP contribution in [-0.2, 0) is 23.8 Å². The maximum absolute atomic E-state index is 13.8. The Morgan fingerprint density at radius 1 is 1.00 bits per heavy atom. The number of amides is 2. The second-order valence-electron chi connectivity index (χ2n) is 9.47. The summed E-state index contributed by atoms with van der Waals surface area (Å²) >= 11 is 0. The second-order valence-corrected chi connectivity index (χ2v) is 9.47. The maximum atomic E-state index is 13.8. The van der Waals surface area contributed by atoms with Crippen molar-refractivity contribution >= 4 is 17.8 Å². The Hall–Kier alpha value is -1.67. The van der Waals surface area contributed by atoms with Crippen LogP contribution in [0, 0.1) is 11.8 Å². The minimum atomic E-state index is -1.11.